The third kappa shape index (κ3) is 3.26. The van der Waals surface area contributed by atoms with Gasteiger partial charge in [-0.3, -0.25) is 9.59 Å². The molecule has 0 spiro atoms. The molecule has 0 aromatic heterocycles. The topological polar surface area (TPSA) is 58.2 Å². The fraction of sp³-hybridized carbons (Fsp3) is 0.529. The maximum Gasteiger partial charge on any atom is 0.253 e. The van der Waals surface area contributed by atoms with Crippen molar-refractivity contribution in [3.63, 3.8) is 0 Å². The summed E-state index contributed by atoms with van der Waals surface area (Å²) in [6.45, 7) is 2.07. The average molecular weight is 286 g/mol. The zero-order valence-electron chi connectivity index (χ0n) is 12.4. The van der Waals surface area contributed by atoms with Crippen molar-refractivity contribution in [2.75, 3.05) is 5.32 Å². The van der Waals surface area contributed by atoms with Crippen LogP contribution >= 0.6 is 0 Å². The van der Waals surface area contributed by atoms with E-state index >= 15 is 0 Å². The molecule has 2 fully saturated rings. The third-order valence-corrected chi connectivity index (χ3v) is 4.57. The van der Waals surface area contributed by atoms with Crippen LogP contribution in [-0.4, -0.2) is 17.9 Å². The van der Waals surface area contributed by atoms with Gasteiger partial charge in [-0.2, -0.15) is 0 Å². The first-order valence-electron chi connectivity index (χ1n) is 7.86. The monoisotopic (exact) mass is 286 g/mol. The van der Waals surface area contributed by atoms with Crippen LogP contribution in [0, 0.1) is 11.8 Å². The number of amides is 2. The Kier molecular flexibility index (Phi) is 3.95. The van der Waals surface area contributed by atoms with Crippen molar-refractivity contribution in [3.8, 4) is 0 Å². The van der Waals surface area contributed by atoms with E-state index in [1.165, 1.54) is 12.8 Å². The predicted octanol–water partition coefficient (Wildman–Crippen LogP) is 2.95. The summed E-state index contributed by atoms with van der Waals surface area (Å²) in [5.41, 5.74) is 1.18. The average Bonchev–Trinajstić information content (AvgIpc) is 2.98. The maximum absolute atomic E-state index is 12.4. The van der Waals surface area contributed by atoms with Gasteiger partial charge in [-0.15, -0.1) is 0 Å². The molecule has 0 heterocycles. The highest BCUT2D eigenvalue weighted by Crippen LogP contribution is 2.38. The number of rotatable bonds is 4. The molecule has 0 radical (unpaired) electrons. The number of hydrogen-bond donors (Lipinski definition) is 2. The van der Waals surface area contributed by atoms with Gasteiger partial charge in [0, 0.05) is 12.0 Å². The van der Waals surface area contributed by atoms with Crippen LogP contribution in [0.5, 0.6) is 0 Å². The van der Waals surface area contributed by atoms with Gasteiger partial charge in [0.15, 0.2) is 0 Å². The van der Waals surface area contributed by atoms with Gasteiger partial charge in [-0.1, -0.05) is 31.9 Å². The Morgan fingerprint density at radius 3 is 2.48 bits per heavy atom. The molecule has 0 bridgehead atoms. The van der Waals surface area contributed by atoms with Crippen molar-refractivity contribution < 1.29 is 9.59 Å². The number of hydrogen-bond acceptors (Lipinski definition) is 2. The minimum absolute atomic E-state index is 0.0311. The Morgan fingerprint density at radius 2 is 1.81 bits per heavy atom. The minimum atomic E-state index is -0.0818. The third-order valence-electron chi connectivity index (χ3n) is 4.57. The zero-order valence-corrected chi connectivity index (χ0v) is 12.4. The molecule has 2 atom stereocenters. The maximum atomic E-state index is 12.4. The summed E-state index contributed by atoms with van der Waals surface area (Å²) in [4.78, 5) is 24.5. The van der Waals surface area contributed by atoms with Gasteiger partial charge in [0.25, 0.3) is 5.91 Å². The van der Waals surface area contributed by atoms with Crippen molar-refractivity contribution in [1.29, 1.82) is 0 Å². The van der Waals surface area contributed by atoms with Crippen LogP contribution < -0.4 is 10.6 Å². The van der Waals surface area contributed by atoms with E-state index < -0.39 is 0 Å². The summed E-state index contributed by atoms with van der Waals surface area (Å²) < 4.78 is 0. The molecule has 0 unspecified atom stereocenters. The number of carbonyl (C=O) groups is 2. The fourth-order valence-corrected chi connectivity index (χ4v) is 3.04. The lowest BCUT2D eigenvalue weighted by Crippen LogP contribution is -2.33. The summed E-state index contributed by atoms with van der Waals surface area (Å²) in [7, 11) is 0. The molecular formula is C17H22N2O2. The minimum Gasteiger partial charge on any atom is -0.349 e. The number of benzene rings is 1. The van der Waals surface area contributed by atoms with Gasteiger partial charge in [0.2, 0.25) is 5.91 Å². The van der Waals surface area contributed by atoms with Gasteiger partial charge in [0.05, 0.1) is 11.3 Å². The highest BCUT2D eigenvalue weighted by molar-refractivity contribution is 6.04. The van der Waals surface area contributed by atoms with E-state index in [0.29, 0.717) is 17.2 Å². The van der Waals surface area contributed by atoms with Gasteiger partial charge in [-0.25, -0.2) is 0 Å². The van der Waals surface area contributed by atoms with Crippen molar-refractivity contribution >= 4 is 17.5 Å². The molecule has 2 saturated carbocycles. The van der Waals surface area contributed by atoms with E-state index in [-0.39, 0.29) is 23.8 Å². The second-order valence-electron chi connectivity index (χ2n) is 6.31. The lowest BCUT2D eigenvalue weighted by atomic mass is 10.1. The van der Waals surface area contributed by atoms with Crippen molar-refractivity contribution in [3.05, 3.63) is 29.8 Å². The number of nitrogens with one attached hydrogen (secondary N) is 2. The molecule has 4 heteroatoms. The van der Waals surface area contributed by atoms with Gasteiger partial charge in [-0.05, 0) is 37.3 Å². The van der Waals surface area contributed by atoms with Crippen molar-refractivity contribution in [2.24, 2.45) is 11.8 Å². The molecule has 0 saturated heterocycles. The van der Waals surface area contributed by atoms with Gasteiger partial charge < -0.3 is 10.6 Å². The molecule has 2 amide bonds. The Balaban J connectivity index is 1.69. The summed E-state index contributed by atoms with van der Waals surface area (Å²) in [6, 6.07) is 7.53. The summed E-state index contributed by atoms with van der Waals surface area (Å²) in [6.07, 6.45) is 5.42. The first-order chi connectivity index (χ1) is 10.1. The Bertz CT molecular complexity index is 549. The van der Waals surface area contributed by atoms with Crippen molar-refractivity contribution in [2.45, 2.75) is 45.1 Å². The molecule has 2 N–H and O–H groups in total. The van der Waals surface area contributed by atoms with E-state index in [0.717, 1.165) is 19.3 Å². The van der Waals surface area contributed by atoms with Crippen LogP contribution in [0.3, 0.4) is 0 Å². The van der Waals surface area contributed by atoms with E-state index in [9.17, 15) is 9.59 Å². The van der Waals surface area contributed by atoms with Crippen LogP contribution in [0.15, 0.2) is 24.3 Å². The molecule has 2 aliphatic rings. The second kappa shape index (κ2) is 5.88. The Labute approximate surface area is 125 Å². The predicted molar refractivity (Wildman–Crippen MR) is 82.1 cm³/mol. The second-order valence-corrected chi connectivity index (χ2v) is 6.31. The summed E-state index contributed by atoms with van der Waals surface area (Å²) in [5.74, 6) is 0.519. The smallest absolute Gasteiger partial charge is 0.253 e. The number of para-hydroxylation sites is 1. The molecule has 1 aromatic rings. The molecule has 21 heavy (non-hydrogen) atoms. The van der Waals surface area contributed by atoms with E-state index in [4.69, 9.17) is 0 Å². The molecule has 1 aromatic carbocycles. The Morgan fingerprint density at radius 1 is 1.14 bits per heavy atom. The van der Waals surface area contributed by atoms with E-state index in [1.54, 1.807) is 12.1 Å². The highest BCUT2D eigenvalue weighted by Gasteiger charge is 2.39. The standard InChI is InChI=1S/C17H22N2O2/c1-11-10-14(11)17(21)19-15-9-5-4-8-13(15)16(20)18-12-6-2-3-7-12/h4-5,8-9,11-12,14H,2-3,6-7,10H2,1H3,(H,18,20)(H,19,21)/t11-,14-/m0/s1. The summed E-state index contributed by atoms with van der Waals surface area (Å²) in [5, 5.41) is 5.98. The quantitative estimate of drug-likeness (QED) is 0.894. The molecule has 4 nitrogen and oxygen atoms in total. The largest absolute Gasteiger partial charge is 0.349 e. The van der Waals surface area contributed by atoms with Crippen LogP contribution in [0.4, 0.5) is 5.69 Å². The molecule has 112 valence electrons. The zero-order chi connectivity index (χ0) is 14.8. The van der Waals surface area contributed by atoms with Gasteiger partial charge in [0.1, 0.15) is 0 Å². The first-order valence-corrected chi connectivity index (χ1v) is 7.86. The molecule has 3 rings (SSSR count). The lowest BCUT2D eigenvalue weighted by molar-refractivity contribution is -0.117. The number of anilines is 1. The number of carbonyl (C=O) groups excluding carboxylic acids is 2. The van der Waals surface area contributed by atoms with Crippen molar-refractivity contribution in [1.82, 2.24) is 5.32 Å². The van der Waals surface area contributed by atoms with Gasteiger partial charge >= 0.3 is 0 Å². The lowest BCUT2D eigenvalue weighted by Gasteiger charge is -2.15. The summed E-state index contributed by atoms with van der Waals surface area (Å²) >= 11 is 0. The normalized spacial score (nSPS) is 24.6. The van der Waals surface area contributed by atoms with E-state index in [1.807, 2.05) is 12.1 Å². The first kappa shape index (κ1) is 14.1. The van der Waals surface area contributed by atoms with Crippen LogP contribution in [-0.2, 0) is 4.79 Å². The van der Waals surface area contributed by atoms with E-state index in [2.05, 4.69) is 17.6 Å². The SMILES string of the molecule is C[C@H]1C[C@@H]1C(=O)Nc1ccccc1C(=O)NC1CCCC1. The molecular weight excluding hydrogens is 264 g/mol. The molecule has 0 aliphatic heterocycles. The molecule has 2 aliphatic carbocycles. The van der Waals surface area contributed by atoms with Crippen LogP contribution in [0.25, 0.3) is 0 Å². The van der Waals surface area contributed by atoms with Crippen LogP contribution in [0.1, 0.15) is 49.4 Å². The fourth-order valence-electron chi connectivity index (χ4n) is 3.04. The Hall–Kier alpha value is -1.84. The van der Waals surface area contributed by atoms with Crippen LogP contribution in [0.2, 0.25) is 0 Å². The highest BCUT2D eigenvalue weighted by atomic mass is 16.2.